The molecule has 0 aromatic carbocycles. The average molecular weight is 242 g/mol. The lowest BCUT2D eigenvalue weighted by molar-refractivity contribution is 0.280. The van der Waals surface area contributed by atoms with Crippen molar-refractivity contribution in [2.45, 2.75) is 13.0 Å². The molecule has 0 aliphatic carbocycles. The molecule has 0 bridgehead atoms. The maximum atomic E-state index is 8.78. The Kier molecular flexibility index (Phi) is 3.65. The Labute approximate surface area is 95.2 Å². The quantitative estimate of drug-likeness (QED) is 0.867. The van der Waals surface area contributed by atoms with Crippen molar-refractivity contribution in [3.05, 3.63) is 27.4 Å². The van der Waals surface area contributed by atoms with Crippen LogP contribution >= 0.6 is 22.7 Å². The van der Waals surface area contributed by atoms with Crippen molar-refractivity contribution in [3.8, 4) is 5.19 Å². The van der Waals surface area contributed by atoms with E-state index in [1.54, 1.807) is 11.3 Å². The minimum absolute atomic E-state index is 0.0774. The highest BCUT2D eigenvalue weighted by Gasteiger charge is 2.03. The second-order valence-corrected chi connectivity index (χ2v) is 4.85. The van der Waals surface area contributed by atoms with Crippen molar-refractivity contribution in [2.75, 3.05) is 6.61 Å². The zero-order chi connectivity index (χ0) is 10.5. The molecule has 1 N–H and O–H groups in total. The Morgan fingerprint density at radius 2 is 2.33 bits per heavy atom. The summed E-state index contributed by atoms with van der Waals surface area (Å²) in [6.07, 6.45) is 0.881. The molecule has 0 aliphatic heterocycles. The van der Waals surface area contributed by atoms with E-state index in [-0.39, 0.29) is 6.61 Å². The number of ether oxygens (including phenoxy) is 1. The maximum absolute atomic E-state index is 8.78. The number of thiophene rings is 1. The maximum Gasteiger partial charge on any atom is 0.294 e. The fourth-order valence-electron chi connectivity index (χ4n) is 1.05. The second-order valence-electron chi connectivity index (χ2n) is 2.80. The molecule has 2 rings (SSSR count). The van der Waals surface area contributed by atoms with Crippen molar-refractivity contribution < 1.29 is 9.84 Å². The molecule has 15 heavy (non-hydrogen) atoms. The van der Waals surface area contributed by atoms with E-state index in [0.717, 1.165) is 6.42 Å². The van der Waals surface area contributed by atoms with Gasteiger partial charge in [-0.2, -0.15) is 0 Å². The molecule has 0 unspecified atom stereocenters. The molecule has 0 radical (unpaired) electrons. The molecular formula is C9H10N2O2S2. The normalized spacial score (nSPS) is 10.5. The van der Waals surface area contributed by atoms with Crippen LogP contribution in [0, 0.1) is 0 Å². The summed E-state index contributed by atoms with van der Waals surface area (Å²) < 4.78 is 5.40. The lowest BCUT2D eigenvalue weighted by Crippen LogP contribution is -1.99. The van der Waals surface area contributed by atoms with Gasteiger partial charge in [0.1, 0.15) is 5.01 Å². The van der Waals surface area contributed by atoms with E-state index in [9.17, 15) is 0 Å². The molecular weight excluding hydrogens is 232 g/mol. The van der Waals surface area contributed by atoms with Crippen molar-refractivity contribution >= 4 is 22.7 Å². The number of rotatable bonds is 5. The summed E-state index contributed by atoms with van der Waals surface area (Å²) >= 11 is 2.99. The van der Waals surface area contributed by atoms with Gasteiger partial charge in [-0.15, -0.1) is 16.4 Å². The number of hydrogen-bond acceptors (Lipinski definition) is 6. The van der Waals surface area contributed by atoms with Gasteiger partial charge in [0.2, 0.25) is 0 Å². The zero-order valence-electron chi connectivity index (χ0n) is 7.92. The van der Waals surface area contributed by atoms with Gasteiger partial charge in [0.05, 0.1) is 13.2 Å². The molecule has 80 valence electrons. The number of hydrogen-bond donors (Lipinski definition) is 1. The Morgan fingerprint density at radius 3 is 3.00 bits per heavy atom. The molecule has 6 heteroatoms. The van der Waals surface area contributed by atoms with E-state index in [1.807, 2.05) is 11.4 Å². The van der Waals surface area contributed by atoms with Crippen LogP contribution in [0.15, 0.2) is 17.5 Å². The smallest absolute Gasteiger partial charge is 0.294 e. The van der Waals surface area contributed by atoms with E-state index in [0.29, 0.717) is 16.8 Å². The third kappa shape index (κ3) is 2.98. The topological polar surface area (TPSA) is 55.2 Å². The molecule has 0 atom stereocenters. The first-order chi connectivity index (χ1) is 7.38. The highest BCUT2D eigenvalue weighted by Crippen LogP contribution is 2.18. The average Bonchev–Trinajstić information content (AvgIpc) is 2.88. The largest absolute Gasteiger partial charge is 0.469 e. The van der Waals surface area contributed by atoms with Crippen molar-refractivity contribution in [1.29, 1.82) is 0 Å². The van der Waals surface area contributed by atoms with Gasteiger partial charge in [0.25, 0.3) is 5.19 Å². The van der Waals surface area contributed by atoms with Crippen LogP contribution in [0.2, 0.25) is 0 Å². The van der Waals surface area contributed by atoms with Gasteiger partial charge < -0.3 is 9.84 Å². The van der Waals surface area contributed by atoms with Gasteiger partial charge in [0.15, 0.2) is 0 Å². The fourth-order valence-corrected chi connectivity index (χ4v) is 2.32. The van der Waals surface area contributed by atoms with Crippen LogP contribution < -0.4 is 4.74 Å². The third-order valence-corrected chi connectivity index (χ3v) is 3.49. The Balaban J connectivity index is 1.78. The lowest BCUT2D eigenvalue weighted by Gasteiger charge is -1.98. The van der Waals surface area contributed by atoms with Gasteiger partial charge in [0, 0.05) is 11.3 Å². The lowest BCUT2D eigenvalue weighted by atomic mass is 10.4. The van der Waals surface area contributed by atoms with Crippen LogP contribution in [0.4, 0.5) is 0 Å². The van der Waals surface area contributed by atoms with E-state index in [2.05, 4.69) is 16.3 Å². The molecule has 0 saturated carbocycles. The summed E-state index contributed by atoms with van der Waals surface area (Å²) in [7, 11) is 0. The zero-order valence-corrected chi connectivity index (χ0v) is 9.55. The summed E-state index contributed by atoms with van der Waals surface area (Å²) in [5.74, 6) is 0. The standard InChI is InChI=1S/C9H10N2O2S2/c12-6-8-10-11-9(15-8)13-4-3-7-2-1-5-14-7/h1-2,5,12H,3-4,6H2. The molecule has 2 heterocycles. The molecule has 0 amide bonds. The van der Waals surface area contributed by atoms with Crippen molar-refractivity contribution in [1.82, 2.24) is 10.2 Å². The highest BCUT2D eigenvalue weighted by molar-refractivity contribution is 7.13. The first-order valence-electron chi connectivity index (χ1n) is 4.47. The van der Waals surface area contributed by atoms with E-state index < -0.39 is 0 Å². The number of aromatic nitrogens is 2. The van der Waals surface area contributed by atoms with Gasteiger partial charge >= 0.3 is 0 Å². The van der Waals surface area contributed by atoms with Crippen LogP contribution in [0.5, 0.6) is 5.19 Å². The predicted octanol–water partition coefficient (Wildman–Crippen LogP) is 1.71. The fraction of sp³-hybridized carbons (Fsp3) is 0.333. The second kappa shape index (κ2) is 5.20. The SMILES string of the molecule is OCc1nnc(OCCc2cccs2)s1. The molecule has 0 aliphatic rings. The Morgan fingerprint density at radius 1 is 1.40 bits per heavy atom. The molecule has 0 saturated heterocycles. The van der Waals surface area contributed by atoms with E-state index in [4.69, 9.17) is 9.84 Å². The Bertz CT molecular complexity index is 400. The van der Waals surface area contributed by atoms with Crippen LogP contribution in [-0.4, -0.2) is 21.9 Å². The molecule has 4 nitrogen and oxygen atoms in total. The summed E-state index contributed by atoms with van der Waals surface area (Å²) in [5.41, 5.74) is 0. The predicted molar refractivity (Wildman–Crippen MR) is 59.3 cm³/mol. The molecule has 0 fully saturated rings. The molecule has 2 aromatic heterocycles. The van der Waals surface area contributed by atoms with E-state index in [1.165, 1.54) is 16.2 Å². The summed E-state index contributed by atoms with van der Waals surface area (Å²) in [4.78, 5) is 1.29. The number of aliphatic hydroxyl groups excluding tert-OH is 1. The van der Waals surface area contributed by atoms with Gasteiger partial charge in [-0.25, -0.2) is 0 Å². The third-order valence-electron chi connectivity index (χ3n) is 1.74. The molecule has 2 aromatic rings. The van der Waals surface area contributed by atoms with E-state index >= 15 is 0 Å². The van der Waals surface area contributed by atoms with Crippen molar-refractivity contribution in [3.63, 3.8) is 0 Å². The van der Waals surface area contributed by atoms with Gasteiger partial charge in [-0.05, 0) is 11.4 Å². The first kappa shape index (κ1) is 10.5. The van der Waals surface area contributed by atoms with Gasteiger partial charge in [-0.3, -0.25) is 0 Å². The van der Waals surface area contributed by atoms with Crippen LogP contribution in [-0.2, 0) is 13.0 Å². The van der Waals surface area contributed by atoms with Crippen LogP contribution in [0.3, 0.4) is 0 Å². The van der Waals surface area contributed by atoms with Gasteiger partial charge in [-0.1, -0.05) is 22.5 Å². The summed E-state index contributed by atoms with van der Waals surface area (Å²) in [6, 6.07) is 4.10. The van der Waals surface area contributed by atoms with Crippen LogP contribution in [0.1, 0.15) is 9.88 Å². The Hall–Kier alpha value is -0.980. The van der Waals surface area contributed by atoms with Crippen molar-refractivity contribution in [2.24, 2.45) is 0 Å². The monoisotopic (exact) mass is 242 g/mol. The minimum atomic E-state index is -0.0774. The highest BCUT2D eigenvalue weighted by atomic mass is 32.1. The summed E-state index contributed by atoms with van der Waals surface area (Å²) in [6.45, 7) is 0.520. The minimum Gasteiger partial charge on any atom is -0.469 e. The van der Waals surface area contributed by atoms with Crippen LogP contribution in [0.25, 0.3) is 0 Å². The number of nitrogens with zero attached hydrogens (tertiary/aromatic N) is 2. The number of aliphatic hydroxyl groups is 1. The molecule has 0 spiro atoms. The summed E-state index contributed by atoms with van der Waals surface area (Å²) in [5, 5.41) is 19.5. The first-order valence-corrected chi connectivity index (χ1v) is 6.16.